The van der Waals surface area contributed by atoms with Crippen molar-refractivity contribution in [3.05, 3.63) is 18.2 Å². The van der Waals surface area contributed by atoms with Crippen molar-refractivity contribution >= 4 is 40.6 Å². The highest BCUT2D eigenvalue weighted by Gasteiger charge is 2.21. The molecule has 0 aliphatic carbocycles. The number of thiocarbonyl (C=S) groups is 1. The van der Waals surface area contributed by atoms with Gasteiger partial charge in [-0.3, -0.25) is 0 Å². The third kappa shape index (κ3) is 7.24. The third-order valence-corrected chi connectivity index (χ3v) is 7.47. The first-order valence-corrected chi connectivity index (χ1v) is 14.0. The van der Waals surface area contributed by atoms with Crippen molar-refractivity contribution in [2.75, 3.05) is 101 Å². The normalized spacial score (nSPS) is 15.1. The Bertz CT molecular complexity index is 1050. The SMILES string of the molecule is COc1cc(N(CCN(C)CCNc2cc(N3CCCC3)nc(N3CCCC3)n2)C(N)=S)cc(OC)c1OC. The van der Waals surface area contributed by atoms with Gasteiger partial charge in [-0.1, -0.05) is 0 Å². The van der Waals surface area contributed by atoms with Crippen LogP contribution in [0.4, 0.5) is 23.3 Å². The van der Waals surface area contributed by atoms with Gasteiger partial charge in [-0.15, -0.1) is 0 Å². The molecule has 2 aliphatic heterocycles. The third-order valence-electron chi connectivity index (χ3n) is 7.25. The zero-order valence-corrected chi connectivity index (χ0v) is 24.4. The lowest BCUT2D eigenvalue weighted by atomic mass is 10.2. The van der Waals surface area contributed by atoms with E-state index in [0.717, 1.165) is 69.1 Å². The monoisotopic (exact) mass is 558 g/mol. The summed E-state index contributed by atoms with van der Waals surface area (Å²) < 4.78 is 16.4. The summed E-state index contributed by atoms with van der Waals surface area (Å²) in [6.07, 6.45) is 4.83. The van der Waals surface area contributed by atoms with E-state index in [1.807, 2.05) is 17.0 Å². The number of hydrogen-bond acceptors (Lipinski definition) is 10. The van der Waals surface area contributed by atoms with Crippen LogP contribution >= 0.6 is 12.2 Å². The molecule has 2 aromatic rings. The fraction of sp³-hybridized carbons (Fsp3) is 0.593. The Morgan fingerprint density at radius 1 is 0.897 bits per heavy atom. The topological polar surface area (TPSA) is 104 Å². The number of likely N-dealkylation sites (N-methyl/N-ethyl adjacent to an activating group) is 1. The molecule has 0 saturated carbocycles. The van der Waals surface area contributed by atoms with E-state index in [1.165, 1.54) is 25.7 Å². The van der Waals surface area contributed by atoms with Crippen LogP contribution in [0.1, 0.15) is 25.7 Å². The Kier molecular flexibility index (Phi) is 10.1. The summed E-state index contributed by atoms with van der Waals surface area (Å²) in [6, 6.07) is 5.80. The number of methoxy groups -OCH3 is 3. The highest BCUT2D eigenvalue weighted by Crippen LogP contribution is 2.41. The smallest absolute Gasteiger partial charge is 0.229 e. The Balaban J connectivity index is 1.36. The quantitative estimate of drug-likeness (QED) is 0.353. The summed E-state index contributed by atoms with van der Waals surface area (Å²) in [5, 5.41) is 3.81. The predicted octanol–water partition coefficient (Wildman–Crippen LogP) is 2.80. The van der Waals surface area contributed by atoms with Crippen LogP contribution in [0.2, 0.25) is 0 Å². The van der Waals surface area contributed by atoms with Gasteiger partial charge >= 0.3 is 0 Å². The number of hydrogen-bond donors (Lipinski definition) is 2. The highest BCUT2D eigenvalue weighted by atomic mass is 32.1. The number of nitrogens with zero attached hydrogens (tertiary/aromatic N) is 6. The Labute approximate surface area is 237 Å². The highest BCUT2D eigenvalue weighted by molar-refractivity contribution is 7.80. The second-order valence-corrected chi connectivity index (χ2v) is 10.3. The van der Waals surface area contributed by atoms with Gasteiger partial charge in [0, 0.05) is 70.6 Å². The van der Waals surface area contributed by atoms with Gasteiger partial charge in [0.05, 0.1) is 27.0 Å². The van der Waals surface area contributed by atoms with Gasteiger partial charge in [-0.05, 0) is 44.9 Å². The summed E-state index contributed by atoms with van der Waals surface area (Å²) in [5.74, 6) is 4.38. The van der Waals surface area contributed by atoms with E-state index < -0.39 is 0 Å². The molecule has 0 unspecified atom stereocenters. The zero-order valence-electron chi connectivity index (χ0n) is 23.6. The minimum Gasteiger partial charge on any atom is -0.493 e. The average Bonchev–Trinajstić information content (AvgIpc) is 3.67. The molecule has 0 atom stereocenters. The van der Waals surface area contributed by atoms with E-state index >= 15 is 0 Å². The molecule has 39 heavy (non-hydrogen) atoms. The maximum Gasteiger partial charge on any atom is 0.229 e. The minimum atomic E-state index is 0.278. The summed E-state index contributed by atoms with van der Waals surface area (Å²) in [5.41, 5.74) is 6.89. The van der Waals surface area contributed by atoms with E-state index in [1.54, 1.807) is 21.3 Å². The molecule has 0 amide bonds. The number of nitrogens with one attached hydrogen (secondary N) is 1. The van der Waals surface area contributed by atoms with E-state index in [-0.39, 0.29) is 5.11 Å². The van der Waals surface area contributed by atoms with Gasteiger partial charge in [0.2, 0.25) is 11.7 Å². The first-order valence-electron chi connectivity index (χ1n) is 13.6. The fourth-order valence-electron chi connectivity index (χ4n) is 5.03. The number of ether oxygens (including phenoxy) is 3. The van der Waals surface area contributed by atoms with Crippen molar-refractivity contribution in [3.8, 4) is 17.2 Å². The zero-order chi connectivity index (χ0) is 27.8. The lowest BCUT2D eigenvalue weighted by Gasteiger charge is -2.27. The van der Waals surface area contributed by atoms with Gasteiger partial charge in [0.1, 0.15) is 11.6 Å². The van der Waals surface area contributed by atoms with Crippen molar-refractivity contribution in [3.63, 3.8) is 0 Å². The van der Waals surface area contributed by atoms with Crippen molar-refractivity contribution in [1.29, 1.82) is 0 Å². The molecule has 2 aliphatic rings. The van der Waals surface area contributed by atoms with E-state index in [9.17, 15) is 0 Å². The second kappa shape index (κ2) is 13.7. The molecule has 0 bridgehead atoms. The van der Waals surface area contributed by atoms with Gasteiger partial charge in [-0.25, -0.2) is 0 Å². The Morgan fingerprint density at radius 3 is 2.08 bits per heavy atom. The van der Waals surface area contributed by atoms with Crippen LogP contribution in [0.3, 0.4) is 0 Å². The summed E-state index contributed by atoms with van der Waals surface area (Å²) in [4.78, 5) is 18.5. The van der Waals surface area contributed by atoms with Gasteiger partial charge < -0.3 is 44.9 Å². The summed E-state index contributed by atoms with van der Waals surface area (Å²) >= 11 is 5.38. The molecular weight excluding hydrogens is 516 g/mol. The predicted molar refractivity (Wildman–Crippen MR) is 161 cm³/mol. The van der Waals surface area contributed by atoms with Crippen molar-refractivity contribution < 1.29 is 14.2 Å². The van der Waals surface area contributed by atoms with E-state index in [2.05, 4.69) is 33.1 Å². The standard InChI is InChI=1S/C27H42N8O3S/c1-32(15-16-35(26(28)39)20-17-21(36-2)25(38-4)22(18-20)37-3)14-9-29-23-19-24(33-10-5-6-11-33)31-27(30-23)34-12-7-8-13-34/h17-19H,5-16H2,1-4H3,(H2,28,39)(H,29,30,31). The molecule has 11 nitrogen and oxygen atoms in total. The molecule has 2 fully saturated rings. The maximum atomic E-state index is 6.11. The van der Waals surface area contributed by atoms with E-state index in [4.69, 9.17) is 42.1 Å². The molecular formula is C27H42N8O3S. The minimum absolute atomic E-state index is 0.278. The van der Waals surface area contributed by atoms with Crippen LogP contribution in [0.25, 0.3) is 0 Å². The van der Waals surface area contributed by atoms with Crippen LogP contribution < -0.4 is 40.0 Å². The molecule has 1 aromatic carbocycles. The molecule has 3 heterocycles. The lowest BCUT2D eigenvalue weighted by Crippen LogP contribution is -2.41. The van der Waals surface area contributed by atoms with Gasteiger partial charge in [-0.2, -0.15) is 9.97 Å². The summed E-state index contributed by atoms with van der Waals surface area (Å²) in [6.45, 7) is 7.10. The molecule has 1 aromatic heterocycles. The molecule has 0 spiro atoms. The van der Waals surface area contributed by atoms with Crippen LogP contribution in [0, 0.1) is 0 Å². The molecule has 4 rings (SSSR count). The fourth-order valence-corrected chi connectivity index (χ4v) is 5.22. The maximum absolute atomic E-state index is 6.11. The van der Waals surface area contributed by atoms with Crippen LogP contribution in [0.15, 0.2) is 18.2 Å². The Hall–Kier alpha value is -3.25. The molecule has 12 heteroatoms. The number of nitrogens with two attached hydrogens (primary N) is 1. The second-order valence-electron chi connectivity index (χ2n) is 9.90. The van der Waals surface area contributed by atoms with Crippen molar-refractivity contribution in [1.82, 2.24) is 14.9 Å². The number of aromatic nitrogens is 2. The summed E-state index contributed by atoms with van der Waals surface area (Å²) in [7, 11) is 6.84. The first kappa shape index (κ1) is 28.8. The number of benzene rings is 1. The van der Waals surface area contributed by atoms with Crippen LogP contribution in [-0.2, 0) is 0 Å². The molecule has 0 radical (unpaired) electrons. The first-order chi connectivity index (χ1) is 18.9. The molecule has 214 valence electrons. The van der Waals surface area contributed by atoms with E-state index in [0.29, 0.717) is 23.8 Å². The van der Waals surface area contributed by atoms with Crippen LogP contribution in [0.5, 0.6) is 17.2 Å². The van der Waals surface area contributed by atoms with Gasteiger partial charge in [0.15, 0.2) is 16.6 Å². The van der Waals surface area contributed by atoms with Crippen molar-refractivity contribution in [2.24, 2.45) is 5.73 Å². The van der Waals surface area contributed by atoms with Gasteiger partial charge in [0.25, 0.3) is 0 Å². The number of anilines is 4. The molecule has 3 N–H and O–H groups in total. The molecule has 2 saturated heterocycles. The van der Waals surface area contributed by atoms with Crippen molar-refractivity contribution in [2.45, 2.75) is 25.7 Å². The largest absolute Gasteiger partial charge is 0.493 e. The Morgan fingerprint density at radius 2 is 1.51 bits per heavy atom. The number of rotatable bonds is 13. The lowest BCUT2D eigenvalue weighted by molar-refractivity contribution is 0.324. The van der Waals surface area contributed by atoms with Crippen LogP contribution in [-0.4, -0.2) is 101 Å². The average molecular weight is 559 g/mol.